The number of hydrogen-bond donors (Lipinski definition) is 2. The fourth-order valence-corrected chi connectivity index (χ4v) is 3.19. The minimum absolute atomic E-state index is 0.207. The summed E-state index contributed by atoms with van der Waals surface area (Å²) in [7, 11) is 0. The maximum Gasteiger partial charge on any atom is 0.368 e. The molecule has 0 radical (unpaired) electrons. The Morgan fingerprint density at radius 1 is 1.16 bits per heavy atom. The molecular weight excluding hydrogens is 424 g/mol. The number of aromatic nitrogens is 6. The zero-order chi connectivity index (χ0) is 21.8. The molecule has 12 nitrogen and oxygen atoms in total. The molecule has 31 heavy (non-hydrogen) atoms. The standard InChI is InChI=1S/C18H16N8O4S/c1-11-16(31-24-21-11)17(28)20-12-4-6-13(7-5-12)26-18(29)25(22-23-26)10-15(27)19-9-14-3-2-8-30-14/h2-8H,9-10H2,1H3,(H,19,27)(H,20,28). The summed E-state index contributed by atoms with van der Waals surface area (Å²) in [6.45, 7) is 1.63. The van der Waals surface area contributed by atoms with Crippen LogP contribution in [0.3, 0.4) is 0 Å². The smallest absolute Gasteiger partial charge is 0.368 e. The molecule has 4 rings (SSSR count). The van der Waals surface area contributed by atoms with Crippen molar-refractivity contribution in [2.75, 3.05) is 5.32 Å². The Morgan fingerprint density at radius 2 is 1.97 bits per heavy atom. The van der Waals surface area contributed by atoms with Crippen molar-refractivity contribution in [3.8, 4) is 5.69 Å². The van der Waals surface area contributed by atoms with Crippen LogP contribution in [0.5, 0.6) is 0 Å². The van der Waals surface area contributed by atoms with Crippen LogP contribution in [0.15, 0.2) is 51.9 Å². The third-order valence-electron chi connectivity index (χ3n) is 4.20. The van der Waals surface area contributed by atoms with E-state index in [1.165, 1.54) is 6.26 Å². The molecule has 0 aliphatic carbocycles. The number of carbonyl (C=O) groups excluding carboxylic acids is 2. The molecule has 3 aromatic heterocycles. The van der Waals surface area contributed by atoms with E-state index in [2.05, 4.69) is 30.6 Å². The summed E-state index contributed by atoms with van der Waals surface area (Å²) in [6.07, 6.45) is 1.51. The lowest BCUT2D eigenvalue weighted by molar-refractivity contribution is -0.122. The SMILES string of the molecule is Cc1nnsc1C(=O)Nc1ccc(-n2nnn(CC(=O)NCc3ccco3)c2=O)cc1. The molecular formula is C18H16N8O4S. The van der Waals surface area contributed by atoms with Gasteiger partial charge in [-0.05, 0) is 65.3 Å². The lowest BCUT2D eigenvalue weighted by Crippen LogP contribution is -2.33. The van der Waals surface area contributed by atoms with E-state index in [0.717, 1.165) is 20.9 Å². The number of amides is 2. The first-order chi connectivity index (χ1) is 15.0. The van der Waals surface area contributed by atoms with E-state index >= 15 is 0 Å². The average Bonchev–Trinajstić information content (AvgIpc) is 3.50. The van der Waals surface area contributed by atoms with Crippen LogP contribution in [-0.4, -0.2) is 41.2 Å². The molecule has 2 N–H and O–H groups in total. The molecule has 0 saturated heterocycles. The normalized spacial score (nSPS) is 10.7. The van der Waals surface area contributed by atoms with Crippen molar-refractivity contribution >= 4 is 29.0 Å². The Labute approximate surface area is 178 Å². The third-order valence-corrected chi connectivity index (χ3v) is 5.03. The molecule has 0 atom stereocenters. The second kappa shape index (κ2) is 8.71. The van der Waals surface area contributed by atoms with Crippen LogP contribution < -0.4 is 16.3 Å². The molecule has 0 unspecified atom stereocenters. The van der Waals surface area contributed by atoms with Gasteiger partial charge in [0.05, 0.1) is 24.2 Å². The topological polar surface area (TPSA) is 150 Å². The zero-order valence-electron chi connectivity index (χ0n) is 16.2. The van der Waals surface area contributed by atoms with Crippen molar-refractivity contribution < 1.29 is 14.0 Å². The molecule has 3 heterocycles. The minimum atomic E-state index is -0.573. The molecule has 0 bridgehead atoms. The van der Waals surface area contributed by atoms with E-state index in [-0.39, 0.29) is 19.0 Å². The van der Waals surface area contributed by atoms with Crippen LogP contribution in [0.1, 0.15) is 21.1 Å². The molecule has 158 valence electrons. The molecule has 0 aliphatic heterocycles. The number of rotatable bonds is 7. The highest BCUT2D eigenvalue weighted by Gasteiger charge is 2.15. The number of anilines is 1. The van der Waals surface area contributed by atoms with Gasteiger partial charge in [0.1, 0.15) is 17.2 Å². The van der Waals surface area contributed by atoms with E-state index in [1.807, 2.05) is 0 Å². The first kappa shape index (κ1) is 20.2. The molecule has 4 aromatic rings. The zero-order valence-corrected chi connectivity index (χ0v) is 17.0. The molecule has 2 amide bonds. The summed E-state index contributed by atoms with van der Waals surface area (Å²) in [4.78, 5) is 37.2. The van der Waals surface area contributed by atoms with Crippen molar-refractivity contribution in [2.45, 2.75) is 20.0 Å². The van der Waals surface area contributed by atoms with Crippen molar-refractivity contribution in [3.05, 3.63) is 69.5 Å². The second-order valence-corrected chi connectivity index (χ2v) is 7.13. The summed E-state index contributed by atoms with van der Waals surface area (Å²) in [5.41, 5.74) is 0.937. The van der Waals surface area contributed by atoms with Crippen LogP contribution in [0.4, 0.5) is 5.69 Å². The summed E-state index contributed by atoms with van der Waals surface area (Å²) < 4.78 is 10.9. The Bertz CT molecular complexity index is 1260. The van der Waals surface area contributed by atoms with Crippen LogP contribution in [0.25, 0.3) is 5.69 Å². The van der Waals surface area contributed by atoms with Gasteiger partial charge < -0.3 is 15.1 Å². The van der Waals surface area contributed by atoms with E-state index < -0.39 is 11.6 Å². The molecule has 0 saturated carbocycles. The average molecular weight is 440 g/mol. The third kappa shape index (κ3) is 4.56. The number of hydrogen-bond acceptors (Lipinski definition) is 9. The van der Waals surface area contributed by atoms with Gasteiger partial charge in [0.25, 0.3) is 5.91 Å². The highest BCUT2D eigenvalue weighted by Crippen LogP contribution is 2.15. The highest BCUT2D eigenvalue weighted by molar-refractivity contribution is 7.08. The number of nitrogens with zero attached hydrogens (tertiary/aromatic N) is 6. The second-order valence-electron chi connectivity index (χ2n) is 6.38. The maximum atomic E-state index is 12.5. The number of tetrazole rings is 1. The number of nitrogens with one attached hydrogen (secondary N) is 2. The van der Waals surface area contributed by atoms with Crippen molar-refractivity contribution in [1.82, 2.24) is 34.7 Å². The van der Waals surface area contributed by atoms with E-state index in [0.29, 0.717) is 27.7 Å². The largest absolute Gasteiger partial charge is 0.467 e. The number of carbonyl (C=O) groups is 2. The first-order valence-corrected chi connectivity index (χ1v) is 9.81. The molecule has 0 aliphatic rings. The number of aryl methyl sites for hydroxylation is 1. The number of furan rings is 1. The molecule has 0 spiro atoms. The molecule has 13 heteroatoms. The van der Waals surface area contributed by atoms with Gasteiger partial charge in [-0.1, -0.05) is 4.49 Å². The van der Waals surface area contributed by atoms with E-state index in [4.69, 9.17) is 4.42 Å². The van der Waals surface area contributed by atoms with E-state index in [9.17, 15) is 14.4 Å². The van der Waals surface area contributed by atoms with Gasteiger partial charge in [-0.2, -0.15) is 9.36 Å². The van der Waals surface area contributed by atoms with Gasteiger partial charge >= 0.3 is 5.69 Å². The van der Waals surface area contributed by atoms with Crippen molar-refractivity contribution in [3.63, 3.8) is 0 Å². The fourth-order valence-electron chi connectivity index (χ4n) is 2.64. The van der Waals surface area contributed by atoms with Gasteiger partial charge in [-0.25, -0.2) is 4.79 Å². The van der Waals surface area contributed by atoms with Gasteiger partial charge in [0, 0.05) is 5.69 Å². The maximum absolute atomic E-state index is 12.5. The quantitative estimate of drug-likeness (QED) is 0.427. The summed E-state index contributed by atoms with van der Waals surface area (Å²) >= 11 is 1.01. The van der Waals surface area contributed by atoms with E-state index in [1.54, 1.807) is 43.3 Å². The summed E-state index contributed by atoms with van der Waals surface area (Å²) in [6, 6.07) is 9.89. The lowest BCUT2D eigenvalue weighted by atomic mass is 10.2. The first-order valence-electron chi connectivity index (χ1n) is 9.04. The highest BCUT2D eigenvalue weighted by atomic mass is 32.1. The summed E-state index contributed by atoms with van der Waals surface area (Å²) in [5, 5.41) is 16.7. The monoisotopic (exact) mass is 440 g/mol. The Kier molecular flexibility index (Phi) is 5.66. The van der Waals surface area contributed by atoms with Crippen LogP contribution in [-0.2, 0) is 17.9 Å². The molecule has 1 aromatic carbocycles. The van der Waals surface area contributed by atoms with Gasteiger partial charge in [0.2, 0.25) is 5.91 Å². The fraction of sp³-hybridized carbons (Fsp3) is 0.167. The van der Waals surface area contributed by atoms with Crippen molar-refractivity contribution in [1.29, 1.82) is 0 Å². The predicted octanol–water partition coefficient (Wildman–Crippen LogP) is 0.751. The van der Waals surface area contributed by atoms with Gasteiger partial charge in [-0.3, -0.25) is 9.59 Å². The van der Waals surface area contributed by atoms with Crippen LogP contribution in [0, 0.1) is 6.92 Å². The van der Waals surface area contributed by atoms with Gasteiger partial charge in [0.15, 0.2) is 0 Å². The minimum Gasteiger partial charge on any atom is -0.467 e. The van der Waals surface area contributed by atoms with Crippen LogP contribution >= 0.6 is 11.5 Å². The Morgan fingerprint density at radius 3 is 2.65 bits per heavy atom. The lowest BCUT2D eigenvalue weighted by Gasteiger charge is -2.05. The number of benzene rings is 1. The predicted molar refractivity (Wildman–Crippen MR) is 109 cm³/mol. The molecule has 0 fully saturated rings. The summed E-state index contributed by atoms with van der Waals surface area (Å²) in [5.74, 6) is -0.126. The van der Waals surface area contributed by atoms with Crippen LogP contribution in [0.2, 0.25) is 0 Å². The Balaban J connectivity index is 1.40. The Hall–Kier alpha value is -4.13. The van der Waals surface area contributed by atoms with Crippen molar-refractivity contribution in [2.24, 2.45) is 0 Å². The van der Waals surface area contributed by atoms with Gasteiger partial charge in [-0.15, -0.1) is 5.10 Å².